The van der Waals surface area contributed by atoms with Gasteiger partial charge in [0.2, 0.25) is 0 Å². The minimum atomic E-state index is 0.203. The molecule has 1 fully saturated rings. The van der Waals surface area contributed by atoms with Crippen LogP contribution in [0.1, 0.15) is 31.2 Å². The molecule has 0 aliphatic heterocycles. The van der Waals surface area contributed by atoms with E-state index < -0.39 is 0 Å². The van der Waals surface area contributed by atoms with Crippen LogP contribution in [0.5, 0.6) is 0 Å². The Morgan fingerprint density at radius 2 is 2.17 bits per heavy atom. The fraction of sp³-hybridized carbons (Fsp3) is 0.500. The first-order valence-electron chi connectivity index (χ1n) is 6.41. The molecule has 4 heteroatoms. The summed E-state index contributed by atoms with van der Waals surface area (Å²) < 4.78 is 0. The van der Waals surface area contributed by atoms with E-state index >= 15 is 0 Å². The first-order valence-corrected chi connectivity index (χ1v) is 6.41. The monoisotopic (exact) mass is 245 g/mol. The molecule has 4 nitrogen and oxygen atoms in total. The lowest BCUT2D eigenvalue weighted by Gasteiger charge is -2.32. The summed E-state index contributed by atoms with van der Waals surface area (Å²) >= 11 is 0. The molecule has 1 aromatic rings. The van der Waals surface area contributed by atoms with Crippen molar-refractivity contribution in [2.24, 2.45) is 5.92 Å². The zero-order valence-electron chi connectivity index (χ0n) is 10.4. The first-order chi connectivity index (χ1) is 8.74. The second kappa shape index (κ2) is 5.74. The maximum Gasteiger partial charge on any atom is 0.101 e. The normalized spacial score (nSPS) is 23.3. The molecule has 96 valence electrons. The summed E-state index contributed by atoms with van der Waals surface area (Å²) in [6, 6.07) is 7.72. The van der Waals surface area contributed by atoms with E-state index in [1.807, 2.05) is 6.07 Å². The number of benzene rings is 1. The number of hydrogen-bond acceptors (Lipinski definition) is 4. The van der Waals surface area contributed by atoms with Gasteiger partial charge in [0, 0.05) is 24.3 Å². The highest BCUT2D eigenvalue weighted by atomic mass is 16.3. The van der Waals surface area contributed by atoms with Crippen molar-refractivity contribution < 1.29 is 5.11 Å². The molecule has 0 spiro atoms. The van der Waals surface area contributed by atoms with E-state index in [2.05, 4.69) is 11.4 Å². The molecular weight excluding hydrogens is 226 g/mol. The van der Waals surface area contributed by atoms with Crippen LogP contribution in [0, 0.1) is 17.2 Å². The Labute approximate surface area is 107 Å². The smallest absolute Gasteiger partial charge is 0.101 e. The van der Waals surface area contributed by atoms with Gasteiger partial charge < -0.3 is 16.2 Å². The predicted octanol–water partition coefficient (Wildman–Crippen LogP) is 2.10. The van der Waals surface area contributed by atoms with Gasteiger partial charge in [0.05, 0.1) is 11.3 Å². The molecule has 1 aromatic carbocycles. The van der Waals surface area contributed by atoms with Crippen molar-refractivity contribution in [3.8, 4) is 6.07 Å². The molecule has 0 amide bonds. The van der Waals surface area contributed by atoms with Crippen LogP contribution in [0.2, 0.25) is 0 Å². The zero-order valence-corrected chi connectivity index (χ0v) is 10.4. The first kappa shape index (κ1) is 12.7. The van der Waals surface area contributed by atoms with Gasteiger partial charge in [-0.2, -0.15) is 5.26 Å². The number of anilines is 2. The average Bonchev–Trinajstić information content (AvgIpc) is 2.41. The number of nitriles is 1. The highest BCUT2D eigenvalue weighted by Crippen LogP contribution is 2.28. The van der Waals surface area contributed by atoms with Gasteiger partial charge in [-0.15, -0.1) is 0 Å². The van der Waals surface area contributed by atoms with Crippen LogP contribution in [-0.2, 0) is 0 Å². The second-order valence-electron chi connectivity index (χ2n) is 4.89. The van der Waals surface area contributed by atoms with Crippen LogP contribution in [0.3, 0.4) is 0 Å². The van der Waals surface area contributed by atoms with Gasteiger partial charge in [-0.3, -0.25) is 0 Å². The molecule has 18 heavy (non-hydrogen) atoms. The van der Waals surface area contributed by atoms with Crippen molar-refractivity contribution in [1.82, 2.24) is 0 Å². The van der Waals surface area contributed by atoms with Gasteiger partial charge in [0.1, 0.15) is 6.07 Å². The summed E-state index contributed by atoms with van der Waals surface area (Å²) in [5, 5.41) is 21.9. The molecule has 0 radical (unpaired) electrons. The van der Waals surface area contributed by atoms with E-state index in [1.54, 1.807) is 12.1 Å². The van der Waals surface area contributed by atoms with Crippen LogP contribution in [-0.4, -0.2) is 17.8 Å². The number of rotatable bonds is 3. The zero-order chi connectivity index (χ0) is 13.0. The number of nitrogen functional groups attached to an aromatic ring is 1. The summed E-state index contributed by atoms with van der Waals surface area (Å²) in [6.07, 6.45) is 4.44. The minimum Gasteiger partial charge on any atom is -0.399 e. The van der Waals surface area contributed by atoms with Crippen LogP contribution >= 0.6 is 0 Å². The van der Waals surface area contributed by atoms with E-state index in [9.17, 15) is 5.11 Å². The highest BCUT2D eigenvalue weighted by Gasteiger charge is 2.24. The Balaban J connectivity index is 2.15. The topological polar surface area (TPSA) is 82.1 Å². The predicted molar refractivity (Wildman–Crippen MR) is 72.0 cm³/mol. The lowest BCUT2D eigenvalue weighted by atomic mass is 9.85. The Bertz CT molecular complexity index is 453. The van der Waals surface area contributed by atoms with Gasteiger partial charge in [-0.1, -0.05) is 12.8 Å². The summed E-state index contributed by atoms with van der Waals surface area (Å²) in [4.78, 5) is 0. The van der Waals surface area contributed by atoms with Crippen molar-refractivity contribution in [3.63, 3.8) is 0 Å². The Morgan fingerprint density at radius 1 is 1.39 bits per heavy atom. The van der Waals surface area contributed by atoms with Crippen molar-refractivity contribution in [2.45, 2.75) is 31.7 Å². The van der Waals surface area contributed by atoms with Crippen LogP contribution < -0.4 is 11.1 Å². The fourth-order valence-electron chi connectivity index (χ4n) is 2.60. The van der Waals surface area contributed by atoms with Gasteiger partial charge >= 0.3 is 0 Å². The van der Waals surface area contributed by atoms with Crippen LogP contribution in [0.15, 0.2) is 18.2 Å². The summed E-state index contributed by atoms with van der Waals surface area (Å²) in [6.45, 7) is 0.203. The van der Waals surface area contributed by atoms with E-state index in [0.29, 0.717) is 11.3 Å². The third-order valence-corrected chi connectivity index (χ3v) is 3.65. The molecule has 0 bridgehead atoms. The molecule has 0 heterocycles. The van der Waals surface area contributed by atoms with Gasteiger partial charge in [0.15, 0.2) is 0 Å². The third-order valence-electron chi connectivity index (χ3n) is 3.65. The van der Waals surface area contributed by atoms with Crippen LogP contribution in [0.4, 0.5) is 11.4 Å². The summed E-state index contributed by atoms with van der Waals surface area (Å²) in [7, 11) is 0. The number of nitrogens with two attached hydrogens (primary N) is 1. The molecule has 2 rings (SSSR count). The van der Waals surface area contributed by atoms with Gasteiger partial charge in [0.25, 0.3) is 0 Å². The molecule has 1 saturated carbocycles. The summed E-state index contributed by atoms with van der Waals surface area (Å²) in [5.74, 6) is 0.280. The molecule has 2 unspecified atom stereocenters. The molecule has 0 aromatic heterocycles. The van der Waals surface area contributed by atoms with Gasteiger partial charge in [-0.25, -0.2) is 0 Å². The van der Waals surface area contributed by atoms with Crippen molar-refractivity contribution in [1.29, 1.82) is 5.26 Å². The number of aliphatic hydroxyl groups excluding tert-OH is 1. The minimum absolute atomic E-state index is 0.203. The quantitative estimate of drug-likeness (QED) is 0.712. The number of nitrogens with zero attached hydrogens (tertiary/aromatic N) is 1. The van der Waals surface area contributed by atoms with Crippen molar-refractivity contribution in [2.75, 3.05) is 17.7 Å². The fourth-order valence-corrected chi connectivity index (χ4v) is 2.60. The standard InChI is InChI=1S/C14H19N3O/c15-8-11-7-12(16)5-6-14(11)17-13-4-2-1-3-10(13)9-18/h5-7,10,13,17-18H,1-4,9,16H2. The lowest BCUT2D eigenvalue weighted by Crippen LogP contribution is -2.34. The van der Waals surface area contributed by atoms with E-state index in [-0.39, 0.29) is 18.6 Å². The molecule has 2 atom stereocenters. The van der Waals surface area contributed by atoms with E-state index in [0.717, 1.165) is 18.5 Å². The molecule has 4 N–H and O–H groups in total. The Kier molecular flexibility index (Phi) is 4.06. The summed E-state index contributed by atoms with van der Waals surface area (Å²) in [5.41, 5.74) is 7.65. The molecule has 1 aliphatic carbocycles. The maximum absolute atomic E-state index is 9.39. The molecule has 0 saturated heterocycles. The highest BCUT2D eigenvalue weighted by molar-refractivity contribution is 5.63. The number of nitrogens with one attached hydrogen (secondary N) is 1. The Hall–Kier alpha value is -1.73. The maximum atomic E-state index is 9.39. The third kappa shape index (κ3) is 2.74. The Morgan fingerprint density at radius 3 is 2.89 bits per heavy atom. The molecular formula is C14H19N3O. The molecule has 1 aliphatic rings. The lowest BCUT2D eigenvalue weighted by molar-refractivity contribution is 0.178. The SMILES string of the molecule is N#Cc1cc(N)ccc1NC1CCCCC1CO. The van der Waals surface area contributed by atoms with Crippen molar-refractivity contribution >= 4 is 11.4 Å². The van der Waals surface area contributed by atoms with Gasteiger partial charge in [-0.05, 0) is 31.0 Å². The second-order valence-corrected chi connectivity index (χ2v) is 4.89. The number of aliphatic hydroxyl groups is 1. The van der Waals surface area contributed by atoms with Crippen LogP contribution in [0.25, 0.3) is 0 Å². The largest absolute Gasteiger partial charge is 0.399 e. The van der Waals surface area contributed by atoms with Crippen molar-refractivity contribution in [3.05, 3.63) is 23.8 Å². The average molecular weight is 245 g/mol. The van der Waals surface area contributed by atoms with E-state index in [1.165, 1.54) is 12.8 Å². The number of hydrogen-bond donors (Lipinski definition) is 3. The van der Waals surface area contributed by atoms with E-state index in [4.69, 9.17) is 11.0 Å².